The van der Waals surface area contributed by atoms with Crippen LogP contribution in [-0.4, -0.2) is 25.1 Å². The van der Waals surface area contributed by atoms with Gasteiger partial charge in [-0.25, -0.2) is 13.6 Å². The summed E-state index contributed by atoms with van der Waals surface area (Å²) in [5.74, 6) is -2.51. The fourth-order valence-electron chi connectivity index (χ4n) is 1.82. The lowest BCUT2D eigenvalue weighted by Gasteiger charge is -2.09. The lowest BCUT2D eigenvalue weighted by molar-refractivity contribution is -0.149. The molecule has 126 valence electrons. The third-order valence-corrected chi connectivity index (χ3v) is 3.01. The number of hydrogen-bond acceptors (Lipinski definition) is 4. The third-order valence-electron chi connectivity index (χ3n) is 3.01. The van der Waals surface area contributed by atoms with Crippen molar-refractivity contribution in [1.29, 1.82) is 0 Å². The molecule has 0 fully saturated rings. The summed E-state index contributed by atoms with van der Waals surface area (Å²) in [4.78, 5) is 23.1. The summed E-state index contributed by atoms with van der Waals surface area (Å²) >= 11 is 0. The highest BCUT2D eigenvalue weighted by atomic mass is 19.1. The predicted octanol–water partition coefficient (Wildman–Crippen LogP) is 2.83. The summed E-state index contributed by atoms with van der Waals surface area (Å²) in [6.07, 6.45) is 0. The molecule has 7 heteroatoms. The molecule has 0 heterocycles. The molecule has 24 heavy (non-hydrogen) atoms. The van der Waals surface area contributed by atoms with E-state index < -0.39 is 30.1 Å². The second kappa shape index (κ2) is 8.05. The normalized spacial score (nSPS) is 10.1. The molecule has 0 spiro atoms. The van der Waals surface area contributed by atoms with Gasteiger partial charge < -0.3 is 14.8 Å². The summed E-state index contributed by atoms with van der Waals surface area (Å²) in [6, 6.07) is 9.74. The van der Waals surface area contributed by atoms with E-state index in [0.717, 1.165) is 23.8 Å². The molecule has 0 aliphatic heterocycles. The third kappa shape index (κ3) is 5.05. The van der Waals surface area contributed by atoms with Crippen LogP contribution in [0.15, 0.2) is 42.5 Å². The van der Waals surface area contributed by atoms with Crippen LogP contribution in [0.3, 0.4) is 0 Å². The minimum Gasteiger partial charge on any atom is -0.482 e. The van der Waals surface area contributed by atoms with Crippen molar-refractivity contribution in [2.24, 2.45) is 0 Å². The molecule has 0 aromatic heterocycles. The first-order valence-corrected chi connectivity index (χ1v) is 7.04. The molecule has 2 aromatic rings. The number of hydrogen-bond donors (Lipinski definition) is 1. The molecule has 0 radical (unpaired) electrons. The monoisotopic (exact) mass is 335 g/mol. The number of anilines is 1. The second-order valence-electron chi connectivity index (χ2n) is 4.89. The first-order valence-electron chi connectivity index (χ1n) is 7.04. The molecular formula is C17H15F2NO4. The number of ether oxygens (including phenoxy) is 2. The van der Waals surface area contributed by atoms with Crippen molar-refractivity contribution in [2.75, 3.05) is 18.5 Å². The van der Waals surface area contributed by atoms with Crippen LogP contribution >= 0.6 is 0 Å². The first kappa shape index (κ1) is 17.4. The summed E-state index contributed by atoms with van der Waals surface area (Å²) in [5.41, 5.74) is 0.525. The standard InChI is InChI=1S/C17H15F2NO4/c1-11-4-2-3-5-15(11)23-10-17(22)24-9-16(21)20-14-8-12(18)6-7-13(14)19/h2-8H,9-10H2,1H3,(H,20,21). The number of aryl methyl sites for hydroxylation is 1. The van der Waals surface area contributed by atoms with Crippen molar-refractivity contribution in [3.63, 3.8) is 0 Å². The van der Waals surface area contributed by atoms with Gasteiger partial charge in [-0.05, 0) is 30.7 Å². The lowest BCUT2D eigenvalue weighted by Crippen LogP contribution is -2.24. The van der Waals surface area contributed by atoms with Crippen LogP contribution in [0.5, 0.6) is 5.75 Å². The lowest BCUT2D eigenvalue weighted by atomic mass is 10.2. The van der Waals surface area contributed by atoms with Gasteiger partial charge in [-0.3, -0.25) is 4.79 Å². The Hall–Kier alpha value is -2.96. The Balaban J connectivity index is 1.78. The van der Waals surface area contributed by atoms with E-state index >= 15 is 0 Å². The van der Waals surface area contributed by atoms with Crippen molar-refractivity contribution >= 4 is 17.6 Å². The van der Waals surface area contributed by atoms with Gasteiger partial charge in [0.05, 0.1) is 5.69 Å². The van der Waals surface area contributed by atoms with E-state index in [-0.39, 0.29) is 12.3 Å². The van der Waals surface area contributed by atoms with Gasteiger partial charge >= 0.3 is 5.97 Å². The van der Waals surface area contributed by atoms with Crippen molar-refractivity contribution in [3.8, 4) is 5.75 Å². The zero-order valence-electron chi connectivity index (χ0n) is 12.8. The van der Waals surface area contributed by atoms with Gasteiger partial charge in [0.15, 0.2) is 13.2 Å². The molecule has 0 saturated heterocycles. The summed E-state index contributed by atoms with van der Waals surface area (Å²) in [6.45, 7) is 0.819. The average molecular weight is 335 g/mol. The highest BCUT2D eigenvalue weighted by molar-refractivity contribution is 5.92. The number of halogens is 2. The molecule has 0 atom stereocenters. The van der Waals surface area contributed by atoms with Crippen LogP contribution in [0.2, 0.25) is 0 Å². The number of para-hydroxylation sites is 1. The number of carbonyl (C=O) groups excluding carboxylic acids is 2. The molecule has 0 aliphatic rings. The van der Waals surface area contributed by atoms with E-state index in [4.69, 9.17) is 9.47 Å². The van der Waals surface area contributed by atoms with Crippen LogP contribution in [0.4, 0.5) is 14.5 Å². The van der Waals surface area contributed by atoms with Crippen LogP contribution in [0, 0.1) is 18.6 Å². The van der Waals surface area contributed by atoms with E-state index in [2.05, 4.69) is 5.32 Å². The fraction of sp³-hybridized carbons (Fsp3) is 0.176. The zero-order valence-corrected chi connectivity index (χ0v) is 12.8. The molecule has 5 nitrogen and oxygen atoms in total. The number of carbonyl (C=O) groups is 2. The Labute approximate surface area is 137 Å². The number of amides is 1. The Bertz CT molecular complexity index is 749. The van der Waals surface area contributed by atoms with E-state index in [1.165, 1.54) is 0 Å². The molecule has 2 rings (SSSR count). The maximum Gasteiger partial charge on any atom is 0.344 e. The summed E-state index contributed by atoms with van der Waals surface area (Å²) in [7, 11) is 0. The molecular weight excluding hydrogens is 320 g/mol. The van der Waals surface area contributed by atoms with Gasteiger partial charge in [0, 0.05) is 6.07 Å². The molecule has 0 saturated carbocycles. The highest BCUT2D eigenvalue weighted by Gasteiger charge is 2.12. The minimum absolute atomic E-state index is 0.327. The Morgan fingerprint density at radius 1 is 1.08 bits per heavy atom. The van der Waals surface area contributed by atoms with E-state index in [0.29, 0.717) is 5.75 Å². The van der Waals surface area contributed by atoms with Gasteiger partial charge in [-0.1, -0.05) is 18.2 Å². The average Bonchev–Trinajstić information content (AvgIpc) is 2.55. The van der Waals surface area contributed by atoms with Crippen molar-refractivity contribution in [3.05, 3.63) is 59.7 Å². The molecule has 1 amide bonds. The van der Waals surface area contributed by atoms with E-state index in [9.17, 15) is 18.4 Å². The molecule has 0 unspecified atom stereocenters. The quantitative estimate of drug-likeness (QED) is 0.825. The largest absolute Gasteiger partial charge is 0.482 e. The molecule has 1 N–H and O–H groups in total. The fourth-order valence-corrected chi connectivity index (χ4v) is 1.82. The van der Waals surface area contributed by atoms with E-state index in [1.54, 1.807) is 12.1 Å². The molecule has 0 aliphatic carbocycles. The summed E-state index contributed by atoms with van der Waals surface area (Å²) < 4.78 is 36.3. The Morgan fingerprint density at radius 3 is 2.58 bits per heavy atom. The Kier molecular flexibility index (Phi) is 5.83. The van der Waals surface area contributed by atoms with Crippen LogP contribution < -0.4 is 10.1 Å². The van der Waals surface area contributed by atoms with Gasteiger partial charge in [-0.2, -0.15) is 0 Å². The maximum absolute atomic E-state index is 13.4. The second-order valence-corrected chi connectivity index (χ2v) is 4.89. The zero-order chi connectivity index (χ0) is 17.5. The Morgan fingerprint density at radius 2 is 1.83 bits per heavy atom. The minimum atomic E-state index is -0.793. The van der Waals surface area contributed by atoms with Gasteiger partial charge in [0.2, 0.25) is 0 Å². The molecule has 2 aromatic carbocycles. The van der Waals surface area contributed by atoms with Crippen LogP contribution in [-0.2, 0) is 14.3 Å². The van der Waals surface area contributed by atoms with Crippen molar-refractivity contribution < 1.29 is 27.8 Å². The van der Waals surface area contributed by atoms with Crippen LogP contribution in [0.25, 0.3) is 0 Å². The first-order chi connectivity index (χ1) is 11.5. The SMILES string of the molecule is Cc1ccccc1OCC(=O)OCC(=O)Nc1cc(F)ccc1F. The number of benzene rings is 2. The van der Waals surface area contributed by atoms with Gasteiger partial charge in [0.25, 0.3) is 5.91 Å². The van der Waals surface area contributed by atoms with E-state index in [1.807, 2.05) is 19.1 Å². The smallest absolute Gasteiger partial charge is 0.344 e. The van der Waals surface area contributed by atoms with Gasteiger partial charge in [-0.15, -0.1) is 0 Å². The highest BCUT2D eigenvalue weighted by Crippen LogP contribution is 2.16. The van der Waals surface area contributed by atoms with Crippen LogP contribution in [0.1, 0.15) is 5.56 Å². The van der Waals surface area contributed by atoms with Crippen molar-refractivity contribution in [1.82, 2.24) is 0 Å². The maximum atomic E-state index is 13.4. The summed E-state index contributed by atoms with van der Waals surface area (Å²) in [5, 5.41) is 2.12. The van der Waals surface area contributed by atoms with Crippen molar-refractivity contribution in [2.45, 2.75) is 6.92 Å². The number of esters is 1. The number of nitrogens with one attached hydrogen (secondary N) is 1. The predicted molar refractivity (Wildman–Crippen MR) is 82.6 cm³/mol. The number of rotatable bonds is 6. The molecule has 0 bridgehead atoms. The topological polar surface area (TPSA) is 64.6 Å². The van der Waals surface area contributed by atoms with Gasteiger partial charge in [0.1, 0.15) is 17.4 Å².